The largest absolute Gasteiger partial charge is 0.465 e. The van der Waals surface area contributed by atoms with Crippen LogP contribution in [0.5, 0.6) is 6.01 Å². The maximum atomic E-state index is 12.0. The predicted octanol–water partition coefficient (Wildman–Crippen LogP) is 2.62. The molecule has 29 heavy (non-hydrogen) atoms. The van der Waals surface area contributed by atoms with Crippen LogP contribution >= 0.6 is 0 Å². The molecule has 0 bridgehead atoms. The van der Waals surface area contributed by atoms with Crippen molar-refractivity contribution >= 4 is 30.9 Å². The third-order valence-corrected chi connectivity index (χ3v) is 9.06. The average Bonchev–Trinajstić information content (AvgIpc) is 3.09. The van der Waals surface area contributed by atoms with Crippen molar-refractivity contribution in [2.45, 2.75) is 62.6 Å². The Bertz CT molecular complexity index is 1050. The first-order valence-corrected chi connectivity index (χ1v) is 13.2. The lowest BCUT2D eigenvalue weighted by molar-refractivity contribution is 0.188. The molecule has 162 valence electrons. The molecule has 3 rings (SSSR count). The summed E-state index contributed by atoms with van der Waals surface area (Å²) in [6.07, 6.45) is 3.34. The molecular formula is C19H29N3O5S2. The van der Waals surface area contributed by atoms with Gasteiger partial charge in [0, 0.05) is 6.04 Å². The van der Waals surface area contributed by atoms with Crippen molar-refractivity contribution in [3.8, 4) is 6.01 Å². The fourth-order valence-corrected chi connectivity index (χ4v) is 5.28. The summed E-state index contributed by atoms with van der Waals surface area (Å²) in [4.78, 5) is 7.67. The van der Waals surface area contributed by atoms with E-state index < -0.39 is 25.1 Å². The van der Waals surface area contributed by atoms with Gasteiger partial charge in [-0.25, -0.2) is 21.6 Å². The van der Waals surface area contributed by atoms with Crippen LogP contribution in [0.3, 0.4) is 0 Å². The molecule has 0 saturated heterocycles. The molecule has 10 heteroatoms. The fourth-order valence-electron chi connectivity index (χ4n) is 3.41. The van der Waals surface area contributed by atoms with Gasteiger partial charge in [0.2, 0.25) is 10.0 Å². The van der Waals surface area contributed by atoms with Crippen molar-refractivity contribution in [1.29, 1.82) is 0 Å². The number of sulfonamides is 1. The standard InChI is InChI=1S/C19H29N3O5S2/c1-4-28(23,24)16-9-10-17-18(11-16)21-19(20-17)27-12-14-5-7-15(8-6-14)22-29(25,26)13(2)3/h9-11,13-15,22H,4-8,12H2,1-3H3,(H,20,21). The highest BCUT2D eigenvalue weighted by atomic mass is 32.2. The summed E-state index contributed by atoms with van der Waals surface area (Å²) < 4.78 is 56.6. The quantitative estimate of drug-likeness (QED) is 0.647. The Morgan fingerprint density at radius 1 is 1.17 bits per heavy atom. The summed E-state index contributed by atoms with van der Waals surface area (Å²) >= 11 is 0. The van der Waals surface area contributed by atoms with Gasteiger partial charge in [0.15, 0.2) is 9.84 Å². The Hall–Kier alpha value is -1.65. The number of fused-ring (bicyclic) bond motifs is 1. The number of rotatable bonds is 8. The molecule has 1 aliphatic rings. The van der Waals surface area contributed by atoms with E-state index in [1.54, 1.807) is 39.0 Å². The summed E-state index contributed by atoms with van der Waals surface area (Å²) in [5.74, 6) is 0.380. The lowest BCUT2D eigenvalue weighted by atomic mass is 9.87. The van der Waals surface area contributed by atoms with Gasteiger partial charge in [-0.15, -0.1) is 0 Å². The van der Waals surface area contributed by atoms with Gasteiger partial charge in [-0.1, -0.05) is 6.92 Å². The molecule has 1 aromatic carbocycles. The molecule has 1 aromatic heterocycles. The van der Waals surface area contributed by atoms with Crippen LogP contribution in [0.25, 0.3) is 11.0 Å². The second-order valence-corrected chi connectivity index (χ2v) is 12.4. The first kappa shape index (κ1) is 22.0. The number of aromatic amines is 1. The highest BCUT2D eigenvalue weighted by molar-refractivity contribution is 7.91. The molecule has 0 spiro atoms. The lowest BCUT2D eigenvalue weighted by Crippen LogP contribution is -2.41. The summed E-state index contributed by atoms with van der Waals surface area (Å²) in [5.41, 5.74) is 1.28. The molecule has 2 aromatic rings. The second kappa shape index (κ2) is 8.61. The number of H-pyrrole nitrogens is 1. The van der Waals surface area contributed by atoms with Crippen molar-refractivity contribution < 1.29 is 21.6 Å². The van der Waals surface area contributed by atoms with Gasteiger partial charge in [-0.05, 0) is 63.6 Å². The van der Waals surface area contributed by atoms with E-state index in [4.69, 9.17) is 4.74 Å². The Morgan fingerprint density at radius 3 is 2.48 bits per heavy atom. The number of aromatic nitrogens is 2. The summed E-state index contributed by atoms with van der Waals surface area (Å²) in [6.45, 7) is 5.46. The van der Waals surface area contributed by atoms with Crippen LogP contribution in [0, 0.1) is 5.92 Å². The number of ether oxygens (including phenoxy) is 1. The van der Waals surface area contributed by atoms with Crippen molar-refractivity contribution in [1.82, 2.24) is 14.7 Å². The van der Waals surface area contributed by atoms with Crippen LogP contribution in [-0.4, -0.2) is 50.5 Å². The lowest BCUT2D eigenvalue weighted by Gasteiger charge is -2.29. The highest BCUT2D eigenvalue weighted by Gasteiger charge is 2.26. The van der Waals surface area contributed by atoms with Gasteiger partial charge in [0.25, 0.3) is 6.01 Å². The molecule has 2 N–H and O–H groups in total. The Kier molecular flexibility index (Phi) is 6.54. The Labute approximate surface area is 172 Å². The normalized spacial score (nSPS) is 21.0. The van der Waals surface area contributed by atoms with E-state index >= 15 is 0 Å². The molecule has 0 unspecified atom stereocenters. The first-order chi connectivity index (χ1) is 13.6. The number of imidazole rings is 1. The molecule has 0 atom stereocenters. The maximum absolute atomic E-state index is 12.0. The molecule has 0 aliphatic heterocycles. The maximum Gasteiger partial charge on any atom is 0.294 e. The first-order valence-electron chi connectivity index (χ1n) is 9.97. The SMILES string of the molecule is CCS(=O)(=O)c1ccc2nc(OCC3CCC(NS(=O)(=O)C(C)C)CC3)[nH]c2c1. The zero-order valence-corrected chi connectivity index (χ0v) is 18.6. The highest BCUT2D eigenvalue weighted by Crippen LogP contribution is 2.26. The fraction of sp³-hybridized carbons (Fsp3) is 0.632. The topological polar surface area (TPSA) is 118 Å². The van der Waals surface area contributed by atoms with Gasteiger partial charge < -0.3 is 9.72 Å². The van der Waals surface area contributed by atoms with Gasteiger partial charge in [0.1, 0.15) is 0 Å². The van der Waals surface area contributed by atoms with E-state index in [-0.39, 0.29) is 16.7 Å². The van der Waals surface area contributed by atoms with E-state index in [2.05, 4.69) is 14.7 Å². The van der Waals surface area contributed by atoms with E-state index in [9.17, 15) is 16.8 Å². The number of sulfone groups is 1. The number of hydrogen-bond acceptors (Lipinski definition) is 6. The van der Waals surface area contributed by atoms with Crippen LogP contribution in [0.2, 0.25) is 0 Å². The van der Waals surface area contributed by atoms with Crippen LogP contribution in [0.1, 0.15) is 46.5 Å². The van der Waals surface area contributed by atoms with Crippen LogP contribution in [-0.2, 0) is 19.9 Å². The molecule has 8 nitrogen and oxygen atoms in total. The zero-order valence-electron chi connectivity index (χ0n) is 17.0. The molecule has 0 amide bonds. The van der Waals surface area contributed by atoms with Gasteiger partial charge >= 0.3 is 0 Å². The van der Waals surface area contributed by atoms with Crippen LogP contribution in [0.4, 0.5) is 0 Å². The van der Waals surface area contributed by atoms with Crippen molar-refractivity contribution in [2.75, 3.05) is 12.4 Å². The van der Waals surface area contributed by atoms with E-state index in [0.29, 0.717) is 29.6 Å². The average molecular weight is 444 g/mol. The minimum atomic E-state index is -3.27. The zero-order chi connectivity index (χ0) is 21.2. The third-order valence-electron chi connectivity index (χ3n) is 5.42. The van der Waals surface area contributed by atoms with E-state index in [0.717, 1.165) is 25.7 Å². The number of nitrogens with zero attached hydrogens (tertiary/aromatic N) is 1. The van der Waals surface area contributed by atoms with Crippen LogP contribution in [0.15, 0.2) is 23.1 Å². The van der Waals surface area contributed by atoms with Crippen molar-refractivity contribution in [2.24, 2.45) is 5.92 Å². The molecule has 1 heterocycles. The molecule has 1 fully saturated rings. The van der Waals surface area contributed by atoms with E-state index in [1.807, 2.05) is 0 Å². The van der Waals surface area contributed by atoms with Gasteiger partial charge in [-0.2, -0.15) is 4.98 Å². The van der Waals surface area contributed by atoms with E-state index in [1.165, 1.54) is 0 Å². The van der Waals surface area contributed by atoms with Crippen LogP contribution < -0.4 is 9.46 Å². The molecule has 0 radical (unpaired) electrons. The Morgan fingerprint density at radius 2 is 1.86 bits per heavy atom. The molecule has 1 saturated carbocycles. The van der Waals surface area contributed by atoms with Gasteiger partial charge in [0.05, 0.1) is 33.5 Å². The Balaban J connectivity index is 1.55. The van der Waals surface area contributed by atoms with Crippen molar-refractivity contribution in [3.05, 3.63) is 18.2 Å². The number of benzene rings is 1. The second-order valence-electron chi connectivity index (χ2n) is 7.86. The summed E-state index contributed by atoms with van der Waals surface area (Å²) in [6, 6.07) is 5.18. The predicted molar refractivity (Wildman–Crippen MR) is 112 cm³/mol. The smallest absolute Gasteiger partial charge is 0.294 e. The number of hydrogen-bond donors (Lipinski definition) is 2. The van der Waals surface area contributed by atoms with Gasteiger partial charge in [-0.3, -0.25) is 0 Å². The monoisotopic (exact) mass is 443 g/mol. The third kappa shape index (κ3) is 5.29. The molecular weight excluding hydrogens is 414 g/mol. The minimum absolute atomic E-state index is 0.0104. The summed E-state index contributed by atoms with van der Waals surface area (Å²) in [5, 5.41) is -0.426. The minimum Gasteiger partial charge on any atom is -0.465 e. The molecule has 1 aliphatic carbocycles. The van der Waals surface area contributed by atoms with Crippen molar-refractivity contribution in [3.63, 3.8) is 0 Å². The number of nitrogens with one attached hydrogen (secondary N) is 2. The summed E-state index contributed by atoms with van der Waals surface area (Å²) in [7, 11) is -6.51.